The molecule has 0 aliphatic carbocycles. The van der Waals surface area contributed by atoms with Gasteiger partial charge in [0, 0.05) is 17.0 Å². The molecule has 0 radical (unpaired) electrons. The van der Waals surface area contributed by atoms with E-state index in [-0.39, 0.29) is 0 Å². The molecule has 1 aliphatic heterocycles. The van der Waals surface area contributed by atoms with Gasteiger partial charge in [-0.25, -0.2) is 4.57 Å². The molecule has 4 aromatic carbocycles. The molecule has 1 aromatic heterocycles. The van der Waals surface area contributed by atoms with Gasteiger partial charge in [-0.05, 0) is 82.8 Å². The molecular weight excluding hydrogens is 438 g/mol. The van der Waals surface area contributed by atoms with Gasteiger partial charge in [0.2, 0.25) is 5.69 Å². The fraction of sp³-hybridized carbons (Fsp3) is 0.324. The van der Waals surface area contributed by atoms with Crippen LogP contribution in [-0.4, -0.2) is 0 Å². The number of hydrogen-bond acceptors (Lipinski definition) is 1. The van der Waals surface area contributed by atoms with E-state index in [1.54, 1.807) is 0 Å². The minimum atomic E-state index is 0.634. The van der Waals surface area contributed by atoms with Crippen molar-refractivity contribution in [3.63, 3.8) is 0 Å². The van der Waals surface area contributed by atoms with Crippen molar-refractivity contribution in [2.24, 2.45) is 18.9 Å². The second kappa shape index (κ2) is 8.34. The van der Waals surface area contributed by atoms with Crippen LogP contribution in [0.5, 0.6) is 11.5 Å². The van der Waals surface area contributed by atoms with E-state index in [1.165, 1.54) is 65.8 Å². The average Bonchev–Trinajstić information content (AvgIpc) is 2.83. The maximum absolute atomic E-state index is 6.81. The number of ether oxygens (including phenoxy) is 1. The van der Waals surface area contributed by atoms with E-state index < -0.39 is 0 Å². The highest BCUT2D eigenvalue weighted by Gasteiger charge is 2.32. The third-order valence-corrected chi connectivity index (χ3v) is 7.84. The molecule has 1 aliphatic rings. The number of pyridine rings is 1. The van der Waals surface area contributed by atoms with Crippen molar-refractivity contribution >= 4 is 32.3 Å². The predicted molar refractivity (Wildman–Crippen MR) is 152 cm³/mol. The Hall–Kier alpha value is -3.39. The SMILES string of the molecule is Cc1c2c(c(C)c3cc(CC(C)C)ccc13)-c1c3c(cc4ccc(CC(C)C)cc4c3cc[n+]1C)O2. The highest BCUT2D eigenvalue weighted by Crippen LogP contribution is 2.51. The molecule has 0 fully saturated rings. The predicted octanol–water partition coefficient (Wildman–Crippen LogP) is 8.76. The van der Waals surface area contributed by atoms with E-state index in [2.05, 4.69) is 108 Å². The smallest absolute Gasteiger partial charge is 0.228 e. The molecule has 0 amide bonds. The molecule has 5 aromatic rings. The lowest BCUT2D eigenvalue weighted by Gasteiger charge is -2.25. The lowest BCUT2D eigenvalue weighted by atomic mass is 9.87. The van der Waals surface area contributed by atoms with Crippen molar-refractivity contribution in [1.82, 2.24) is 0 Å². The third kappa shape index (κ3) is 3.50. The number of fused-ring (bicyclic) bond motifs is 5. The standard InChI is InChI=1S/C34H36NO/c1-19(2)14-23-8-10-25-18-30-32-27(29(25)17-23)12-13-35(7)33(32)31-21(5)28-16-24(15-20(3)4)9-11-26(28)22(6)34(31)36-30/h8-13,16-20H,14-15H2,1-7H3/q+1. The molecule has 0 N–H and O–H groups in total. The van der Waals surface area contributed by atoms with Gasteiger partial charge in [-0.1, -0.05) is 64.1 Å². The summed E-state index contributed by atoms with van der Waals surface area (Å²) in [5.74, 6) is 3.24. The minimum absolute atomic E-state index is 0.634. The first-order chi connectivity index (χ1) is 17.2. The third-order valence-electron chi connectivity index (χ3n) is 7.84. The highest BCUT2D eigenvalue weighted by atomic mass is 16.5. The number of aryl methyl sites for hydroxylation is 3. The van der Waals surface area contributed by atoms with Gasteiger partial charge in [0.05, 0.1) is 10.9 Å². The van der Waals surface area contributed by atoms with Crippen molar-refractivity contribution < 1.29 is 9.30 Å². The van der Waals surface area contributed by atoms with E-state index in [4.69, 9.17) is 4.74 Å². The Bertz CT molecular complexity index is 1690. The molecule has 6 rings (SSSR count). The Balaban J connectivity index is 1.68. The summed E-state index contributed by atoms with van der Waals surface area (Å²) in [6.07, 6.45) is 4.41. The van der Waals surface area contributed by atoms with Crippen LogP contribution in [0.1, 0.15) is 49.9 Å². The van der Waals surface area contributed by atoms with Crippen LogP contribution in [-0.2, 0) is 19.9 Å². The first kappa shape index (κ1) is 23.0. The topological polar surface area (TPSA) is 13.1 Å². The second-order valence-corrected chi connectivity index (χ2v) is 11.6. The van der Waals surface area contributed by atoms with Gasteiger partial charge < -0.3 is 4.74 Å². The van der Waals surface area contributed by atoms with Crippen molar-refractivity contribution in [1.29, 1.82) is 0 Å². The summed E-state index contributed by atoms with van der Waals surface area (Å²) >= 11 is 0. The first-order valence-corrected chi connectivity index (χ1v) is 13.3. The van der Waals surface area contributed by atoms with Gasteiger partial charge in [-0.2, -0.15) is 0 Å². The maximum Gasteiger partial charge on any atom is 0.228 e. The molecule has 36 heavy (non-hydrogen) atoms. The summed E-state index contributed by atoms with van der Waals surface area (Å²) in [5, 5.41) is 7.68. The van der Waals surface area contributed by atoms with E-state index in [1.807, 2.05) is 0 Å². The van der Waals surface area contributed by atoms with E-state index in [0.29, 0.717) is 11.8 Å². The van der Waals surface area contributed by atoms with Crippen LogP contribution < -0.4 is 9.30 Å². The molecular formula is C34H36NO+. The molecule has 2 heterocycles. The number of nitrogens with zero attached hydrogens (tertiary/aromatic N) is 1. The normalized spacial score (nSPS) is 12.7. The van der Waals surface area contributed by atoms with Gasteiger partial charge in [-0.15, -0.1) is 0 Å². The Morgan fingerprint density at radius 1 is 0.722 bits per heavy atom. The summed E-state index contributed by atoms with van der Waals surface area (Å²) in [6.45, 7) is 13.6. The number of benzene rings is 4. The van der Waals surface area contributed by atoms with Crippen LogP contribution >= 0.6 is 0 Å². The minimum Gasteiger partial charge on any atom is -0.455 e. The molecule has 0 unspecified atom stereocenters. The Labute approximate surface area is 214 Å². The average molecular weight is 475 g/mol. The van der Waals surface area contributed by atoms with E-state index in [0.717, 1.165) is 24.3 Å². The fourth-order valence-electron chi connectivity index (χ4n) is 6.24. The van der Waals surface area contributed by atoms with Crippen molar-refractivity contribution in [3.8, 4) is 22.8 Å². The van der Waals surface area contributed by atoms with E-state index >= 15 is 0 Å². The van der Waals surface area contributed by atoms with Crippen molar-refractivity contribution in [2.75, 3.05) is 0 Å². The van der Waals surface area contributed by atoms with Crippen LogP contribution in [0.15, 0.2) is 54.7 Å². The molecule has 0 bridgehead atoms. The van der Waals surface area contributed by atoms with Crippen LogP contribution in [0, 0.1) is 25.7 Å². The number of hydrogen-bond donors (Lipinski definition) is 0. The Kier molecular flexibility index (Phi) is 5.33. The van der Waals surface area contributed by atoms with Crippen LogP contribution in [0.4, 0.5) is 0 Å². The Morgan fingerprint density at radius 2 is 1.39 bits per heavy atom. The highest BCUT2D eigenvalue weighted by molar-refractivity contribution is 6.16. The lowest BCUT2D eigenvalue weighted by molar-refractivity contribution is -0.659. The van der Waals surface area contributed by atoms with Gasteiger partial charge in [0.15, 0.2) is 6.20 Å². The summed E-state index contributed by atoms with van der Waals surface area (Å²) in [7, 11) is 2.17. The summed E-state index contributed by atoms with van der Waals surface area (Å²) in [6, 6.07) is 18.4. The molecule has 0 saturated carbocycles. The first-order valence-electron chi connectivity index (χ1n) is 13.3. The zero-order valence-electron chi connectivity index (χ0n) is 22.6. The maximum atomic E-state index is 6.81. The molecule has 182 valence electrons. The molecule has 0 saturated heterocycles. The van der Waals surface area contributed by atoms with Crippen molar-refractivity contribution in [2.45, 2.75) is 54.4 Å². The van der Waals surface area contributed by atoms with Crippen molar-refractivity contribution in [3.05, 3.63) is 77.0 Å². The Morgan fingerprint density at radius 3 is 2.08 bits per heavy atom. The molecule has 0 spiro atoms. The molecule has 2 nitrogen and oxygen atoms in total. The quantitative estimate of drug-likeness (QED) is 0.184. The second-order valence-electron chi connectivity index (χ2n) is 11.6. The number of aromatic nitrogens is 1. The van der Waals surface area contributed by atoms with Crippen LogP contribution in [0.3, 0.4) is 0 Å². The monoisotopic (exact) mass is 474 g/mol. The molecule has 2 heteroatoms. The van der Waals surface area contributed by atoms with Gasteiger partial charge in [0.25, 0.3) is 0 Å². The summed E-state index contributed by atoms with van der Waals surface area (Å²) in [4.78, 5) is 0. The van der Waals surface area contributed by atoms with Gasteiger partial charge in [-0.3, -0.25) is 0 Å². The fourth-order valence-corrected chi connectivity index (χ4v) is 6.24. The van der Waals surface area contributed by atoms with Gasteiger partial charge in [0.1, 0.15) is 18.5 Å². The molecule has 0 atom stereocenters. The van der Waals surface area contributed by atoms with Crippen LogP contribution in [0.2, 0.25) is 0 Å². The van der Waals surface area contributed by atoms with Gasteiger partial charge >= 0.3 is 0 Å². The van der Waals surface area contributed by atoms with Crippen LogP contribution in [0.25, 0.3) is 43.6 Å². The largest absolute Gasteiger partial charge is 0.455 e. The summed E-state index contributed by atoms with van der Waals surface area (Å²) < 4.78 is 9.09. The lowest BCUT2D eigenvalue weighted by Crippen LogP contribution is -2.32. The number of rotatable bonds is 4. The zero-order valence-corrected chi connectivity index (χ0v) is 22.6. The van der Waals surface area contributed by atoms with E-state index in [9.17, 15) is 0 Å². The zero-order chi connectivity index (χ0) is 25.3. The summed E-state index contributed by atoms with van der Waals surface area (Å²) in [5.41, 5.74) is 7.82.